The second-order valence-electron chi connectivity index (χ2n) is 3.21. The van der Waals surface area contributed by atoms with Gasteiger partial charge in [0.1, 0.15) is 0 Å². The van der Waals surface area contributed by atoms with E-state index < -0.39 is 10.6 Å². The molecule has 0 saturated carbocycles. The molecule has 0 spiro atoms. The summed E-state index contributed by atoms with van der Waals surface area (Å²) in [4.78, 5) is 11.6. The quantitative estimate of drug-likeness (QED) is 0.468. The van der Waals surface area contributed by atoms with Gasteiger partial charge in [-0.3, -0.25) is 0 Å². The number of hydrogen-bond acceptors (Lipinski definition) is 5. The van der Waals surface area contributed by atoms with Gasteiger partial charge in [-0.1, -0.05) is 0 Å². The summed E-state index contributed by atoms with van der Waals surface area (Å²) in [5.41, 5.74) is -0.544. The Morgan fingerprint density at radius 3 is 2.85 bits per heavy atom. The molecule has 6 heteroatoms. The van der Waals surface area contributed by atoms with Crippen LogP contribution < -0.4 is 5.32 Å². The Balaban J connectivity index is 2.75. The van der Waals surface area contributed by atoms with Gasteiger partial charge in [-0.15, -0.1) is 0 Å². The van der Waals surface area contributed by atoms with Crippen molar-refractivity contribution in [2.24, 2.45) is 0 Å². The number of rotatable bonds is 3. The molecule has 1 atom stereocenters. The lowest BCUT2D eigenvalue weighted by molar-refractivity contribution is -0.446. The van der Waals surface area contributed by atoms with E-state index in [0.717, 1.165) is 0 Å². The minimum Gasteiger partial charge on any atom is -0.396 e. The molecule has 2 N–H and O–H groups in total. The standard InChI is InChI=1S/C7H13N3O3/c1-7(3-4-11)8-5-6(9(7)2)10(12)13/h5,8,11H,3-4H2,1-2H3. The molecule has 13 heavy (non-hydrogen) atoms. The highest BCUT2D eigenvalue weighted by molar-refractivity contribution is 5.06. The number of aliphatic hydroxyl groups is 1. The smallest absolute Gasteiger partial charge is 0.335 e. The molecule has 1 aliphatic rings. The van der Waals surface area contributed by atoms with Gasteiger partial charge in [0, 0.05) is 13.0 Å². The predicted molar refractivity (Wildman–Crippen MR) is 46.1 cm³/mol. The van der Waals surface area contributed by atoms with Crippen LogP contribution in [0.25, 0.3) is 0 Å². The average Bonchev–Trinajstić information content (AvgIpc) is 2.30. The van der Waals surface area contributed by atoms with Gasteiger partial charge < -0.3 is 20.5 Å². The molecular weight excluding hydrogens is 174 g/mol. The molecule has 1 aliphatic heterocycles. The van der Waals surface area contributed by atoms with Gasteiger partial charge in [-0.2, -0.15) is 0 Å². The van der Waals surface area contributed by atoms with Crippen molar-refractivity contribution in [3.8, 4) is 0 Å². The van der Waals surface area contributed by atoms with Crippen LogP contribution in [0.4, 0.5) is 0 Å². The fourth-order valence-corrected chi connectivity index (χ4v) is 1.30. The highest BCUT2D eigenvalue weighted by atomic mass is 16.6. The summed E-state index contributed by atoms with van der Waals surface area (Å²) < 4.78 is 0. The van der Waals surface area contributed by atoms with Crippen LogP contribution >= 0.6 is 0 Å². The molecule has 1 unspecified atom stereocenters. The Labute approximate surface area is 76.0 Å². The van der Waals surface area contributed by atoms with Crippen LogP contribution in [0.1, 0.15) is 13.3 Å². The van der Waals surface area contributed by atoms with E-state index in [2.05, 4.69) is 5.32 Å². The monoisotopic (exact) mass is 187 g/mol. The minimum atomic E-state index is -0.544. The Morgan fingerprint density at radius 1 is 1.85 bits per heavy atom. The molecular formula is C7H13N3O3. The highest BCUT2D eigenvalue weighted by Gasteiger charge is 2.42. The molecule has 0 aromatic rings. The summed E-state index contributed by atoms with van der Waals surface area (Å²) in [6, 6.07) is 0. The first-order valence-corrected chi connectivity index (χ1v) is 3.98. The third kappa shape index (κ3) is 1.57. The summed E-state index contributed by atoms with van der Waals surface area (Å²) in [6.07, 6.45) is 1.80. The van der Waals surface area contributed by atoms with E-state index in [4.69, 9.17) is 5.11 Å². The van der Waals surface area contributed by atoms with Gasteiger partial charge in [0.25, 0.3) is 0 Å². The molecule has 1 rings (SSSR count). The van der Waals surface area contributed by atoms with Crippen molar-refractivity contribution in [2.45, 2.75) is 19.0 Å². The molecule has 0 aliphatic carbocycles. The summed E-state index contributed by atoms with van der Waals surface area (Å²) in [6.45, 7) is 1.79. The predicted octanol–water partition coefficient (Wildman–Crippen LogP) is -0.304. The number of nitro groups is 1. The summed E-state index contributed by atoms with van der Waals surface area (Å²) in [5.74, 6) is 0.0240. The lowest BCUT2D eigenvalue weighted by Gasteiger charge is -2.28. The van der Waals surface area contributed by atoms with E-state index in [1.807, 2.05) is 0 Å². The first-order valence-electron chi connectivity index (χ1n) is 3.98. The van der Waals surface area contributed by atoms with Crippen LogP contribution in [-0.4, -0.2) is 34.2 Å². The van der Waals surface area contributed by atoms with Gasteiger partial charge in [-0.05, 0) is 11.8 Å². The Kier molecular flexibility index (Phi) is 2.42. The second kappa shape index (κ2) is 3.21. The van der Waals surface area contributed by atoms with Crippen LogP contribution in [0.15, 0.2) is 12.0 Å². The van der Waals surface area contributed by atoms with E-state index in [9.17, 15) is 10.1 Å². The molecule has 1 heterocycles. The van der Waals surface area contributed by atoms with Gasteiger partial charge in [-0.25, -0.2) is 4.90 Å². The van der Waals surface area contributed by atoms with Gasteiger partial charge in [0.05, 0.1) is 13.2 Å². The maximum absolute atomic E-state index is 10.5. The first-order chi connectivity index (χ1) is 6.01. The van der Waals surface area contributed by atoms with Crippen molar-refractivity contribution in [1.29, 1.82) is 0 Å². The Hall–Kier alpha value is -1.30. The van der Waals surface area contributed by atoms with Gasteiger partial charge >= 0.3 is 5.82 Å². The third-order valence-electron chi connectivity index (χ3n) is 2.38. The summed E-state index contributed by atoms with van der Waals surface area (Å²) in [7, 11) is 1.63. The van der Waals surface area contributed by atoms with Crippen LogP contribution in [-0.2, 0) is 0 Å². The number of nitrogens with zero attached hydrogens (tertiary/aromatic N) is 2. The largest absolute Gasteiger partial charge is 0.396 e. The Bertz CT molecular complexity index is 253. The fraction of sp³-hybridized carbons (Fsp3) is 0.714. The van der Waals surface area contributed by atoms with Gasteiger partial charge in [0.2, 0.25) is 0 Å². The molecule has 0 amide bonds. The molecule has 0 aromatic heterocycles. The molecule has 0 aromatic carbocycles. The Morgan fingerprint density at radius 2 is 2.46 bits per heavy atom. The van der Waals surface area contributed by atoms with Crippen molar-refractivity contribution in [2.75, 3.05) is 13.7 Å². The zero-order chi connectivity index (χ0) is 10.1. The van der Waals surface area contributed by atoms with Crippen molar-refractivity contribution in [3.63, 3.8) is 0 Å². The summed E-state index contributed by atoms with van der Waals surface area (Å²) in [5, 5.41) is 22.1. The van der Waals surface area contributed by atoms with E-state index >= 15 is 0 Å². The minimum absolute atomic E-state index is 0.00727. The average molecular weight is 187 g/mol. The van der Waals surface area contributed by atoms with Crippen LogP contribution in [0.5, 0.6) is 0 Å². The zero-order valence-corrected chi connectivity index (χ0v) is 7.65. The van der Waals surface area contributed by atoms with Crippen LogP contribution in [0.3, 0.4) is 0 Å². The highest BCUT2D eigenvalue weighted by Crippen LogP contribution is 2.24. The molecule has 0 saturated heterocycles. The number of hydrogen-bond donors (Lipinski definition) is 2. The first kappa shape index (κ1) is 9.79. The third-order valence-corrected chi connectivity index (χ3v) is 2.38. The molecule has 0 radical (unpaired) electrons. The maximum Gasteiger partial charge on any atom is 0.335 e. The van der Waals surface area contributed by atoms with E-state index in [1.165, 1.54) is 11.1 Å². The van der Waals surface area contributed by atoms with Crippen molar-refractivity contribution in [3.05, 3.63) is 22.1 Å². The van der Waals surface area contributed by atoms with Crippen molar-refractivity contribution >= 4 is 0 Å². The van der Waals surface area contributed by atoms with Crippen LogP contribution in [0, 0.1) is 10.1 Å². The van der Waals surface area contributed by atoms with E-state index in [-0.39, 0.29) is 12.4 Å². The van der Waals surface area contributed by atoms with Gasteiger partial charge in [0.15, 0.2) is 5.66 Å². The van der Waals surface area contributed by atoms with E-state index in [0.29, 0.717) is 6.42 Å². The SMILES string of the molecule is CN1C([N+](=O)[O-])=CNC1(C)CCO. The number of aliphatic hydroxyl groups excluding tert-OH is 1. The lowest BCUT2D eigenvalue weighted by Crippen LogP contribution is -2.48. The fourth-order valence-electron chi connectivity index (χ4n) is 1.30. The summed E-state index contributed by atoms with van der Waals surface area (Å²) >= 11 is 0. The molecule has 0 bridgehead atoms. The number of nitrogens with one attached hydrogen (secondary N) is 1. The van der Waals surface area contributed by atoms with E-state index in [1.54, 1.807) is 14.0 Å². The maximum atomic E-state index is 10.5. The normalized spacial score (nSPS) is 27.0. The van der Waals surface area contributed by atoms with Crippen molar-refractivity contribution in [1.82, 2.24) is 10.2 Å². The molecule has 0 fully saturated rings. The second-order valence-corrected chi connectivity index (χ2v) is 3.21. The molecule has 6 nitrogen and oxygen atoms in total. The van der Waals surface area contributed by atoms with Crippen LogP contribution in [0.2, 0.25) is 0 Å². The topological polar surface area (TPSA) is 78.6 Å². The molecule has 74 valence electrons. The lowest BCUT2D eigenvalue weighted by atomic mass is 10.1. The van der Waals surface area contributed by atoms with Crippen molar-refractivity contribution < 1.29 is 10.0 Å². The zero-order valence-electron chi connectivity index (χ0n) is 7.65.